The molecule has 0 heterocycles. The lowest BCUT2D eigenvalue weighted by atomic mass is 9.93. The van der Waals surface area contributed by atoms with Gasteiger partial charge in [-0.3, -0.25) is 0 Å². The summed E-state index contributed by atoms with van der Waals surface area (Å²) in [6, 6.07) is 13.2. The Bertz CT molecular complexity index is 564. The standard InChI is InChI=1S/C17H17Cl2F/c1-12-2-4-13(5-3-12)8-14(11-18)9-15-6-7-16(19)10-17(15)20/h2-7,10,14H,8-9,11H2,1H3. The SMILES string of the molecule is Cc1ccc(CC(CCl)Cc2ccc(Cl)cc2F)cc1. The molecule has 0 aliphatic rings. The molecule has 0 N–H and O–H groups in total. The number of hydrogen-bond donors (Lipinski definition) is 0. The summed E-state index contributed by atoms with van der Waals surface area (Å²) in [6.45, 7) is 2.06. The lowest BCUT2D eigenvalue weighted by Gasteiger charge is -2.15. The quantitative estimate of drug-likeness (QED) is 0.646. The Morgan fingerprint density at radius 1 is 1.05 bits per heavy atom. The summed E-state index contributed by atoms with van der Waals surface area (Å²) in [5.41, 5.74) is 3.14. The van der Waals surface area contributed by atoms with Gasteiger partial charge in [-0.2, -0.15) is 0 Å². The molecule has 0 fully saturated rings. The number of rotatable bonds is 5. The maximum absolute atomic E-state index is 13.8. The van der Waals surface area contributed by atoms with Crippen LogP contribution in [0.5, 0.6) is 0 Å². The second-order valence-corrected chi connectivity index (χ2v) is 5.89. The highest BCUT2D eigenvalue weighted by molar-refractivity contribution is 6.30. The summed E-state index contributed by atoms with van der Waals surface area (Å²) >= 11 is 11.8. The fourth-order valence-electron chi connectivity index (χ4n) is 2.24. The first kappa shape index (κ1) is 15.3. The zero-order valence-corrected chi connectivity index (χ0v) is 12.9. The third-order valence-electron chi connectivity index (χ3n) is 3.39. The van der Waals surface area contributed by atoms with E-state index in [-0.39, 0.29) is 11.7 Å². The van der Waals surface area contributed by atoms with Gasteiger partial charge in [0.25, 0.3) is 0 Å². The summed E-state index contributed by atoms with van der Waals surface area (Å²) in [5, 5.41) is 0.423. The Morgan fingerprint density at radius 3 is 2.35 bits per heavy atom. The van der Waals surface area contributed by atoms with Crippen molar-refractivity contribution in [2.75, 3.05) is 5.88 Å². The Balaban J connectivity index is 2.07. The summed E-state index contributed by atoms with van der Waals surface area (Å²) in [7, 11) is 0. The Hall–Kier alpha value is -1.05. The second kappa shape index (κ2) is 7.10. The van der Waals surface area contributed by atoms with Crippen molar-refractivity contribution < 1.29 is 4.39 Å². The van der Waals surface area contributed by atoms with Crippen LogP contribution in [0.25, 0.3) is 0 Å². The maximum atomic E-state index is 13.8. The van der Waals surface area contributed by atoms with Crippen molar-refractivity contribution in [1.82, 2.24) is 0 Å². The molecule has 0 saturated heterocycles. The number of benzene rings is 2. The van der Waals surface area contributed by atoms with Crippen LogP contribution in [0.3, 0.4) is 0 Å². The van der Waals surface area contributed by atoms with Crippen LogP contribution in [0.2, 0.25) is 5.02 Å². The van der Waals surface area contributed by atoms with Crippen LogP contribution < -0.4 is 0 Å². The molecule has 2 aromatic rings. The number of aryl methyl sites for hydroxylation is 1. The summed E-state index contributed by atoms with van der Waals surface area (Å²) < 4.78 is 13.8. The van der Waals surface area contributed by atoms with Gasteiger partial charge in [-0.1, -0.05) is 47.5 Å². The molecule has 3 heteroatoms. The minimum absolute atomic E-state index is 0.218. The highest BCUT2D eigenvalue weighted by Crippen LogP contribution is 2.21. The van der Waals surface area contributed by atoms with Crippen molar-refractivity contribution in [3.8, 4) is 0 Å². The normalized spacial score (nSPS) is 12.4. The molecule has 1 atom stereocenters. The van der Waals surface area contributed by atoms with Crippen molar-refractivity contribution in [3.05, 3.63) is 70.0 Å². The topological polar surface area (TPSA) is 0 Å². The fraction of sp³-hybridized carbons (Fsp3) is 0.294. The van der Waals surface area contributed by atoms with E-state index in [9.17, 15) is 4.39 Å². The van der Waals surface area contributed by atoms with Crippen molar-refractivity contribution in [3.63, 3.8) is 0 Å². The monoisotopic (exact) mass is 310 g/mol. The lowest BCUT2D eigenvalue weighted by Crippen LogP contribution is -2.11. The van der Waals surface area contributed by atoms with E-state index in [1.54, 1.807) is 12.1 Å². The van der Waals surface area contributed by atoms with E-state index in [4.69, 9.17) is 23.2 Å². The van der Waals surface area contributed by atoms with Crippen LogP contribution in [0.15, 0.2) is 42.5 Å². The Morgan fingerprint density at radius 2 is 1.75 bits per heavy atom. The number of hydrogen-bond acceptors (Lipinski definition) is 0. The summed E-state index contributed by atoms with van der Waals surface area (Å²) in [5.74, 6) is 0.474. The Labute approximate surface area is 129 Å². The minimum Gasteiger partial charge on any atom is -0.207 e. The van der Waals surface area contributed by atoms with Crippen molar-refractivity contribution in [2.45, 2.75) is 19.8 Å². The molecule has 0 saturated carbocycles. The highest BCUT2D eigenvalue weighted by atomic mass is 35.5. The number of halogens is 3. The molecule has 0 aromatic heterocycles. The van der Waals surface area contributed by atoms with E-state index in [1.165, 1.54) is 17.2 Å². The van der Waals surface area contributed by atoms with Crippen LogP contribution in [0.1, 0.15) is 16.7 Å². The van der Waals surface area contributed by atoms with E-state index in [0.29, 0.717) is 22.9 Å². The number of alkyl halides is 1. The maximum Gasteiger partial charge on any atom is 0.127 e. The summed E-state index contributed by atoms with van der Waals surface area (Å²) in [6.07, 6.45) is 1.48. The Kier molecular flexibility index (Phi) is 5.45. The van der Waals surface area contributed by atoms with Gasteiger partial charge in [-0.15, -0.1) is 11.6 Å². The molecule has 0 aliphatic heterocycles. The highest BCUT2D eigenvalue weighted by Gasteiger charge is 2.13. The molecule has 0 amide bonds. The second-order valence-electron chi connectivity index (χ2n) is 5.15. The molecule has 2 aromatic carbocycles. The molecule has 0 nitrogen and oxygen atoms in total. The first-order chi connectivity index (χ1) is 9.58. The predicted octanol–water partition coefficient (Wildman–Crippen LogP) is 5.43. The first-order valence-electron chi connectivity index (χ1n) is 6.64. The van der Waals surface area contributed by atoms with E-state index in [0.717, 1.165) is 6.42 Å². The van der Waals surface area contributed by atoms with Crippen LogP contribution in [0.4, 0.5) is 4.39 Å². The van der Waals surface area contributed by atoms with Gasteiger partial charge in [0.1, 0.15) is 5.82 Å². The van der Waals surface area contributed by atoms with E-state index in [1.807, 2.05) is 0 Å². The third-order valence-corrected chi connectivity index (χ3v) is 4.06. The van der Waals surface area contributed by atoms with Crippen molar-refractivity contribution in [2.24, 2.45) is 5.92 Å². The molecule has 1 unspecified atom stereocenters. The predicted molar refractivity (Wildman–Crippen MR) is 84.2 cm³/mol. The molecular formula is C17H17Cl2F. The van der Waals surface area contributed by atoms with Crippen LogP contribution >= 0.6 is 23.2 Å². The van der Waals surface area contributed by atoms with Gasteiger partial charge in [0.05, 0.1) is 0 Å². The van der Waals surface area contributed by atoms with Crippen LogP contribution in [-0.4, -0.2) is 5.88 Å². The summed E-state index contributed by atoms with van der Waals surface area (Å²) in [4.78, 5) is 0. The third kappa shape index (κ3) is 4.22. The van der Waals surface area contributed by atoms with Gasteiger partial charge in [0.2, 0.25) is 0 Å². The van der Waals surface area contributed by atoms with Crippen molar-refractivity contribution >= 4 is 23.2 Å². The van der Waals surface area contributed by atoms with Gasteiger partial charge < -0.3 is 0 Å². The minimum atomic E-state index is -0.253. The van der Waals surface area contributed by atoms with Gasteiger partial charge in [-0.25, -0.2) is 4.39 Å². The smallest absolute Gasteiger partial charge is 0.127 e. The molecule has 0 spiro atoms. The molecule has 106 valence electrons. The lowest BCUT2D eigenvalue weighted by molar-refractivity contribution is 0.546. The molecule has 2 rings (SSSR count). The average Bonchev–Trinajstić information content (AvgIpc) is 2.43. The van der Waals surface area contributed by atoms with Crippen LogP contribution in [-0.2, 0) is 12.8 Å². The molecule has 20 heavy (non-hydrogen) atoms. The van der Waals surface area contributed by atoms with E-state index >= 15 is 0 Å². The van der Waals surface area contributed by atoms with Gasteiger partial charge in [0.15, 0.2) is 0 Å². The molecule has 0 aliphatic carbocycles. The van der Waals surface area contributed by atoms with Crippen LogP contribution in [0, 0.1) is 18.7 Å². The zero-order valence-electron chi connectivity index (χ0n) is 11.4. The van der Waals surface area contributed by atoms with Gasteiger partial charge in [-0.05, 0) is 48.9 Å². The average molecular weight is 311 g/mol. The fourth-order valence-corrected chi connectivity index (χ4v) is 2.61. The van der Waals surface area contributed by atoms with E-state index < -0.39 is 0 Å². The molecule has 0 radical (unpaired) electrons. The first-order valence-corrected chi connectivity index (χ1v) is 7.55. The zero-order chi connectivity index (χ0) is 14.5. The largest absolute Gasteiger partial charge is 0.207 e. The van der Waals surface area contributed by atoms with Gasteiger partial charge >= 0.3 is 0 Å². The molecular weight excluding hydrogens is 294 g/mol. The van der Waals surface area contributed by atoms with E-state index in [2.05, 4.69) is 31.2 Å². The molecule has 0 bridgehead atoms. The van der Waals surface area contributed by atoms with Gasteiger partial charge in [0, 0.05) is 10.9 Å². The van der Waals surface area contributed by atoms with Crippen molar-refractivity contribution in [1.29, 1.82) is 0 Å².